The number of nitrogens with two attached hydrogens (primary N) is 2. The fourth-order valence-corrected chi connectivity index (χ4v) is 2.99. The molecule has 0 unspecified atom stereocenters. The van der Waals surface area contributed by atoms with Gasteiger partial charge in [0, 0.05) is 17.5 Å². The number of hydrogen-bond acceptors (Lipinski definition) is 4. The Morgan fingerprint density at radius 2 is 1.83 bits per heavy atom. The van der Waals surface area contributed by atoms with E-state index in [9.17, 15) is 13.2 Å². The lowest BCUT2D eigenvalue weighted by Crippen LogP contribution is -2.24. The first kappa shape index (κ1) is 17.5. The van der Waals surface area contributed by atoms with Gasteiger partial charge < -0.3 is 16.8 Å². The molecular weight excluding hydrogens is 328 g/mol. The van der Waals surface area contributed by atoms with Crippen molar-refractivity contribution in [3.05, 3.63) is 53.6 Å². The van der Waals surface area contributed by atoms with Crippen molar-refractivity contribution >= 4 is 33.1 Å². The zero-order valence-electron chi connectivity index (χ0n) is 13.3. The molecule has 0 spiro atoms. The van der Waals surface area contributed by atoms with Gasteiger partial charge in [-0.2, -0.15) is 4.99 Å². The van der Waals surface area contributed by atoms with E-state index in [0.29, 0.717) is 5.69 Å². The number of hydrogen-bond donors (Lipinski definition) is 3. The quantitative estimate of drug-likeness (QED) is 0.569. The van der Waals surface area contributed by atoms with E-state index >= 15 is 0 Å². The molecule has 0 aliphatic carbocycles. The first-order chi connectivity index (χ1) is 11.2. The summed E-state index contributed by atoms with van der Waals surface area (Å²) in [7, 11) is -3.57. The van der Waals surface area contributed by atoms with Gasteiger partial charge in [-0.1, -0.05) is 12.1 Å². The van der Waals surface area contributed by atoms with Gasteiger partial charge in [0.15, 0.2) is 15.8 Å². The van der Waals surface area contributed by atoms with Crippen LogP contribution in [0.1, 0.15) is 15.9 Å². The highest BCUT2D eigenvalue weighted by Gasteiger charge is 2.17. The van der Waals surface area contributed by atoms with E-state index in [0.717, 1.165) is 17.5 Å². The van der Waals surface area contributed by atoms with Crippen molar-refractivity contribution in [3.8, 4) is 0 Å². The summed E-state index contributed by atoms with van der Waals surface area (Å²) in [6, 6.07) is 11.7. The molecule has 0 radical (unpaired) electrons. The molecular formula is C16H18N4O3S. The Labute approximate surface area is 140 Å². The number of aliphatic imine (C=N–C) groups is 1. The number of nitrogens with one attached hydrogen (secondary N) is 1. The lowest BCUT2D eigenvalue weighted by Gasteiger charge is -2.12. The molecule has 2 rings (SSSR count). The molecule has 0 aliphatic rings. The Balaban J connectivity index is 2.49. The average molecular weight is 346 g/mol. The lowest BCUT2D eigenvalue weighted by molar-refractivity contribution is 0.100. The molecule has 0 atom stereocenters. The van der Waals surface area contributed by atoms with Crippen LogP contribution in [-0.4, -0.2) is 26.5 Å². The zero-order valence-corrected chi connectivity index (χ0v) is 14.1. The number of nitrogens with zero attached hydrogens (tertiary/aromatic N) is 1. The lowest BCUT2D eigenvalue weighted by atomic mass is 10.1. The van der Waals surface area contributed by atoms with Gasteiger partial charge in [-0.25, -0.2) is 8.42 Å². The molecule has 1 amide bonds. The number of guanidine groups is 1. The Bertz CT molecular complexity index is 917. The van der Waals surface area contributed by atoms with Gasteiger partial charge in [0.25, 0.3) is 5.91 Å². The number of carbonyl (C=O) groups is 1. The molecule has 0 aromatic heterocycles. The van der Waals surface area contributed by atoms with Gasteiger partial charge in [-0.3, -0.25) is 4.79 Å². The number of aryl methyl sites for hydroxylation is 1. The molecule has 8 heteroatoms. The van der Waals surface area contributed by atoms with Crippen molar-refractivity contribution in [1.29, 1.82) is 0 Å². The first-order valence-electron chi connectivity index (χ1n) is 6.98. The molecule has 5 N–H and O–H groups in total. The van der Waals surface area contributed by atoms with Crippen molar-refractivity contribution in [2.24, 2.45) is 16.5 Å². The smallest absolute Gasteiger partial charge is 0.280 e. The normalized spacial score (nSPS) is 10.9. The van der Waals surface area contributed by atoms with Crippen molar-refractivity contribution in [2.45, 2.75) is 11.8 Å². The predicted octanol–water partition coefficient (Wildman–Crippen LogP) is 1.56. The summed E-state index contributed by atoms with van der Waals surface area (Å²) in [6.07, 6.45) is 1.07. The molecule has 0 saturated carbocycles. The summed E-state index contributed by atoms with van der Waals surface area (Å²) < 4.78 is 24.1. The Morgan fingerprint density at radius 3 is 2.42 bits per heavy atom. The maximum Gasteiger partial charge on any atom is 0.280 e. The molecule has 7 nitrogen and oxygen atoms in total. The second-order valence-electron chi connectivity index (χ2n) is 5.32. The molecule has 0 saturated heterocycles. The summed E-state index contributed by atoms with van der Waals surface area (Å²) in [4.78, 5) is 15.3. The third-order valence-electron chi connectivity index (χ3n) is 3.16. The topological polar surface area (TPSA) is 128 Å². The average Bonchev–Trinajstić information content (AvgIpc) is 2.45. The summed E-state index contributed by atoms with van der Waals surface area (Å²) >= 11 is 0. The SMILES string of the molecule is Cc1cccc(Nc2ccc(C(=O)N=C(N)N)cc2S(C)(=O)=O)c1. The molecule has 0 bridgehead atoms. The third kappa shape index (κ3) is 4.32. The highest BCUT2D eigenvalue weighted by Crippen LogP contribution is 2.27. The van der Waals surface area contributed by atoms with E-state index in [-0.39, 0.29) is 16.4 Å². The van der Waals surface area contributed by atoms with Crippen molar-refractivity contribution < 1.29 is 13.2 Å². The number of sulfone groups is 1. The van der Waals surface area contributed by atoms with Crippen LogP contribution in [0.3, 0.4) is 0 Å². The minimum absolute atomic E-state index is 0.0133. The number of amides is 1. The van der Waals surface area contributed by atoms with Crippen LogP contribution in [0.4, 0.5) is 11.4 Å². The number of anilines is 2. The van der Waals surface area contributed by atoms with Crippen molar-refractivity contribution in [1.82, 2.24) is 0 Å². The molecule has 0 fully saturated rings. The zero-order chi connectivity index (χ0) is 17.9. The standard InChI is InChI=1S/C16H18N4O3S/c1-10-4-3-5-12(8-10)19-13-7-6-11(15(21)20-16(17)18)9-14(13)24(2,22)23/h3-9,19H,1-2H3,(H4,17,18,20,21). The maximum atomic E-state index is 12.1. The van der Waals surface area contributed by atoms with Gasteiger partial charge in [-0.15, -0.1) is 0 Å². The maximum absolute atomic E-state index is 12.1. The number of carbonyl (C=O) groups excluding carboxylic acids is 1. The van der Waals surface area contributed by atoms with Crippen LogP contribution >= 0.6 is 0 Å². The second kappa shape index (κ2) is 6.71. The minimum Gasteiger partial charge on any atom is -0.370 e. The summed E-state index contributed by atoms with van der Waals surface area (Å²) in [5.41, 5.74) is 12.6. The van der Waals surface area contributed by atoms with Gasteiger partial charge in [-0.05, 0) is 42.8 Å². The van der Waals surface area contributed by atoms with Crippen LogP contribution in [0.5, 0.6) is 0 Å². The van der Waals surface area contributed by atoms with Crippen LogP contribution in [0.15, 0.2) is 52.4 Å². The van der Waals surface area contributed by atoms with Gasteiger partial charge in [0.05, 0.1) is 10.6 Å². The molecule has 0 aliphatic heterocycles. The van der Waals surface area contributed by atoms with Gasteiger partial charge >= 0.3 is 0 Å². The molecule has 0 heterocycles. The second-order valence-corrected chi connectivity index (χ2v) is 7.30. The number of rotatable bonds is 4. The largest absolute Gasteiger partial charge is 0.370 e. The Morgan fingerprint density at radius 1 is 1.12 bits per heavy atom. The van der Waals surface area contributed by atoms with Crippen molar-refractivity contribution in [3.63, 3.8) is 0 Å². The fraction of sp³-hybridized carbons (Fsp3) is 0.125. The van der Waals surface area contributed by atoms with Crippen LogP contribution in [0, 0.1) is 6.92 Å². The Kier molecular flexibility index (Phi) is 4.89. The van der Waals surface area contributed by atoms with E-state index in [2.05, 4.69) is 10.3 Å². The summed E-state index contributed by atoms with van der Waals surface area (Å²) in [6.45, 7) is 1.93. The third-order valence-corrected chi connectivity index (χ3v) is 4.29. The van der Waals surface area contributed by atoms with E-state index in [1.807, 2.05) is 31.2 Å². The van der Waals surface area contributed by atoms with Gasteiger partial charge in [0.2, 0.25) is 0 Å². The summed E-state index contributed by atoms with van der Waals surface area (Å²) in [5, 5.41) is 3.05. The monoisotopic (exact) mass is 346 g/mol. The van der Waals surface area contributed by atoms with Crippen LogP contribution in [0.25, 0.3) is 0 Å². The predicted molar refractivity (Wildman–Crippen MR) is 94.2 cm³/mol. The number of benzene rings is 2. The van der Waals surface area contributed by atoms with E-state index < -0.39 is 15.7 Å². The van der Waals surface area contributed by atoms with Crippen molar-refractivity contribution in [2.75, 3.05) is 11.6 Å². The molecule has 2 aromatic carbocycles. The van der Waals surface area contributed by atoms with E-state index in [1.165, 1.54) is 18.2 Å². The van der Waals surface area contributed by atoms with Crippen LogP contribution in [-0.2, 0) is 9.84 Å². The van der Waals surface area contributed by atoms with E-state index in [1.54, 1.807) is 0 Å². The van der Waals surface area contributed by atoms with E-state index in [4.69, 9.17) is 11.5 Å². The minimum atomic E-state index is -3.57. The first-order valence-corrected chi connectivity index (χ1v) is 8.88. The van der Waals surface area contributed by atoms with Crippen LogP contribution < -0.4 is 16.8 Å². The van der Waals surface area contributed by atoms with Gasteiger partial charge in [0.1, 0.15) is 0 Å². The Hall–Kier alpha value is -2.87. The highest BCUT2D eigenvalue weighted by molar-refractivity contribution is 7.90. The molecule has 126 valence electrons. The fourth-order valence-electron chi connectivity index (χ4n) is 2.13. The molecule has 24 heavy (non-hydrogen) atoms. The highest BCUT2D eigenvalue weighted by atomic mass is 32.2. The molecule has 2 aromatic rings. The summed E-state index contributed by atoms with van der Waals surface area (Å²) in [5.74, 6) is -1.09. The van der Waals surface area contributed by atoms with Crippen LogP contribution in [0.2, 0.25) is 0 Å².